The fourth-order valence-corrected chi connectivity index (χ4v) is 3.00. The number of nitrogens with one attached hydrogen (secondary N) is 2. The molecule has 0 spiro atoms. The van der Waals surface area contributed by atoms with Crippen LogP contribution in [-0.4, -0.2) is 62.7 Å². The highest BCUT2D eigenvalue weighted by Crippen LogP contribution is 2.16. The van der Waals surface area contributed by atoms with Gasteiger partial charge < -0.3 is 20.3 Å². The van der Waals surface area contributed by atoms with E-state index in [4.69, 9.17) is 0 Å². The van der Waals surface area contributed by atoms with E-state index in [1.54, 1.807) is 0 Å². The third kappa shape index (κ3) is 9.11. The molecule has 1 saturated heterocycles. The average molecular weight is 341 g/mol. The van der Waals surface area contributed by atoms with Crippen LogP contribution in [0.4, 0.5) is 0 Å². The van der Waals surface area contributed by atoms with Crippen LogP contribution in [0.3, 0.4) is 0 Å². The van der Waals surface area contributed by atoms with Crippen molar-refractivity contribution in [1.29, 1.82) is 0 Å². The summed E-state index contributed by atoms with van der Waals surface area (Å²) in [6.07, 6.45) is 7.41. The van der Waals surface area contributed by atoms with Crippen LogP contribution in [0.5, 0.6) is 0 Å². The maximum atomic E-state index is 11.1. The van der Waals surface area contributed by atoms with E-state index >= 15 is 0 Å². The van der Waals surface area contributed by atoms with Gasteiger partial charge >= 0.3 is 5.97 Å². The third-order valence-corrected chi connectivity index (χ3v) is 4.49. The van der Waals surface area contributed by atoms with Crippen LogP contribution in [0.1, 0.15) is 58.8 Å². The van der Waals surface area contributed by atoms with Crippen LogP contribution < -0.4 is 10.6 Å². The van der Waals surface area contributed by atoms with Crippen molar-refractivity contribution in [2.75, 3.05) is 39.8 Å². The molecular formula is C18H36N4O2. The van der Waals surface area contributed by atoms with Gasteiger partial charge in [-0.3, -0.25) is 9.79 Å². The van der Waals surface area contributed by atoms with Crippen molar-refractivity contribution in [2.24, 2.45) is 4.99 Å². The molecule has 140 valence electrons. The number of carbonyl (C=O) groups is 1. The van der Waals surface area contributed by atoms with E-state index in [0.29, 0.717) is 6.42 Å². The van der Waals surface area contributed by atoms with Gasteiger partial charge in [-0.05, 0) is 52.5 Å². The first-order valence-corrected chi connectivity index (χ1v) is 9.50. The number of nitrogens with zero attached hydrogens (tertiary/aromatic N) is 2. The number of aliphatic imine (C=N–C) groups is 1. The van der Waals surface area contributed by atoms with E-state index in [1.807, 2.05) is 0 Å². The largest absolute Gasteiger partial charge is 0.469 e. The van der Waals surface area contributed by atoms with Crippen LogP contribution in [0, 0.1) is 0 Å². The summed E-state index contributed by atoms with van der Waals surface area (Å²) in [4.78, 5) is 18.3. The summed E-state index contributed by atoms with van der Waals surface area (Å²) in [6, 6.07) is 0.726. The van der Waals surface area contributed by atoms with Crippen molar-refractivity contribution < 1.29 is 9.53 Å². The molecule has 0 aromatic carbocycles. The molecule has 6 nitrogen and oxygen atoms in total. The van der Waals surface area contributed by atoms with Gasteiger partial charge in [-0.15, -0.1) is 0 Å². The molecule has 1 rings (SSSR count). The fourth-order valence-electron chi connectivity index (χ4n) is 3.00. The predicted molar refractivity (Wildman–Crippen MR) is 99.4 cm³/mol. The van der Waals surface area contributed by atoms with Crippen molar-refractivity contribution in [3.8, 4) is 0 Å². The number of methoxy groups -OCH3 is 1. The van der Waals surface area contributed by atoms with Gasteiger partial charge in [0.2, 0.25) is 0 Å². The number of hydrogen-bond acceptors (Lipinski definition) is 4. The molecule has 0 aromatic heterocycles. The zero-order chi connectivity index (χ0) is 17.6. The van der Waals surface area contributed by atoms with Crippen LogP contribution in [0.25, 0.3) is 0 Å². The Kier molecular flexibility index (Phi) is 11.3. The maximum Gasteiger partial charge on any atom is 0.305 e. The monoisotopic (exact) mass is 340 g/mol. The normalized spacial score (nSPS) is 19.1. The van der Waals surface area contributed by atoms with Crippen molar-refractivity contribution in [1.82, 2.24) is 15.5 Å². The first kappa shape index (κ1) is 20.7. The molecule has 0 aromatic rings. The molecule has 1 aliphatic heterocycles. The molecule has 0 amide bonds. The molecule has 2 N–H and O–H groups in total. The van der Waals surface area contributed by atoms with E-state index in [-0.39, 0.29) is 5.97 Å². The lowest BCUT2D eigenvalue weighted by molar-refractivity contribution is -0.140. The summed E-state index contributed by atoms with van der Waals surface area (Å²) < 4.78 is 4.64. The molecule has 24 heavy (non-hydrogen) atoms. The highest BCUT2D eigenvalue weighted by atomic mass is 16.5. The zero-order valence-electron chi connectivity index (χ0n) is 15.8. The van der Waals surface area contributed by atoms with E-state index in [1.165, 1.54) is 32.9 Å². The Labute approximate surface area is 147 Å². The number of carbonyl (C=O) groups excluding carboxylic acids is 1. The van der Waals surface area contributed by atoms with Gasteiger partial charge in [-0.25, -0.2) is 0 Å². The smallest absolute Gasteiger partial charge is 0.305 e. The summed E-state index contributed by atoms with van der Waals surface area (Å²) in [6.45, 7) is 9.32. The van der Waals surface area contributed by atoms with Gasteiger partial charge in [0.05, 0.1) is 7.11 Å². The van der Waals surface area contributed by atoms with Crippen molar-refractivity contribution in [3.05, 3.63) is 0 Å². The molecule has 1 fully saturated rings. The second kappa shape index (κ2) is 13.0. The summed E-state index contributed by atoms with van der Waals surface area (Å²) in [5, 5.41) is 6.61. The van der Waals surface area contributed by atoms with Gasteiger partial charge in [-0.2, -0.15) is 0 Å². The Balaban J connectivity index is 2.18. The summed E-state index contributed by atoms with van der Waals surface area (Å²) in [5.74, 6) is 0.741. The number of esters is 1. The topological polar surface area (TPSA) is 66.0 Å². The third-order valence-electron chi connectivity index (χ3n) is 4.49. The molecular weight excluding hydrogens is 304 g/mol. The minimum atomic E-state index is -0.137. The highest BCUT2D eigenvalue weighted by Gasteiger charge is 2.16. The van der Waals surface area contributed by atoms with Crippen molar-refractivity contribution in [2.45, 2.75) is 64.8 Å². The summed E-state index contributed by atoms with van der Waals surface area (Å²) >= 11 is 0. The molecule has 1 unspecified atom stereocenters. The van der Waals surface area contributed by atoms with Crippen LogP contribution in [-0.2, 0) is 9.53 Å². The average Bonchev–Trinajstić information content (AvgIpc) is 2.59. The fraction of sp³-hybridized carbons (Fsp3) is 0.889. The molecule has 1 heterocycles. The molecule has 6 heteroatoms. The van der Waals surface area contributed by atoms with Crippen molar-refractivity contribution >= 4 is 11.9 Å². The number of guanidine groups is 1. The summed E-state index contributed by atoms with van der Waals surface area (Å²) in [5.41, 5.74) is 0. The standard InChI is InChI=1S/C18H36N4O2/c1-4-19-18(20-12-7-5-11-17(23)24-3)21-13-9-15-22-14-8-6-10-16(22)2/h16H,4-15H2,1-3H3,(H2,19,20,21). The lowest BCUT2D eigenvalue weighted by Crippen LogP contribution is -2.39. The minimum Gasteiger partial charge on any atom is -0.469 e. The second-order valence-electron chi connectivity index (χ2n) is 6.45. The Morgan fingerprint density at radius 3 is 2.79 bits per heavy atom. The number of unbranched alkanes of at least 4 members (excludes halogenated alkanes) is 1. The molecule has 0 radical (unpaired) electrons. The number of rotatable bonds is 10. The predicted octanol–water partition coefficient (Wildman–Crippen LogP) is 2.15. The number of ether oxygens (including phenoxy) is 1. The quantitative estimate of drug-likeness (QED) is 0.276. The molecule has 0 aliphatic carbocycles. The Bertz CT molecular complexity index is 374. The molecule has 1 aliphatic rings. The lowest BCUT2D eigenvalue weighted by Gasteiger charge is -2.33. The van der Waals surface area contributed by atoms with E-state index < -0.39 is 0 Å². The van der Waals surface area contributed by atoms with Gasteiger partial charge in [0, 0.05) is 38.6 Å². The Morgan fingerprint density at radius 2 is 2.08 bits per heavy atom. The van der Waals surface area contributed by atoms with Gasteiger partial charge in [0.1, 0.15) is 0 Å². The molecule has 0 bridgehead atoms. The van der Waals surface area contributed by atoms with Gasteiger partial charge in [-0.1, -0.05) is 6.42 Å². The van der Waals surface area contributed by atoms with E-state index in [0.717, 1.165) is 57.4 Å². The Hall–Kier alpha value is -1.30. The van der Waals surface area contributed by atoms with Crippen molar-refractivity contribution in [3.63, 3.8) is 0 Å². The SMILES string of the molecule is CCNC(=NCCCN1CCCCC1C)NCCCCC(=O)OC. The first-order chi connectivity index (χ1) is 11.7. The maximum absolute atomic E-state index is 11.1. The van der Waals surface area contributed by atoms with Gasteiger partial charge in [0.25, 0.3) is 0 Å². The lowest BCUT2D eigenvalue weighted by atomic mass is 10.0. The highest BCUT2D eigenvalue weighted by molar-refractivity contribution is 5.79. The number of hydrogen-bond donors (Lipinski definition) is 2. The first-order valence-electron chi connectivity index (χ1n) is 9.50. The van der Waals surface area contributed by atoms with Crippen LogP contribution in [0.15, 0.2) is 4.99 Å². The number of likely N-dealkylation sites (tertiary alicyclic amines) is 1. The van der Waals surface area contributed by atoms with Gasteiger partial charge in [0.15, 0.2) is 5.96 Å². The van der Waals surface area contributed by atoms with Crippen LogP contribution >= 0.6 is 0 Å². The minimum absolute atomic E-state index is 0.137. The zero-order valence-corrected chi connectivity index (χ0v) is 15.8. The second-order valence-corrected chi connectivity index (χ2v) is 6.45. The van der Waals surface area contributed by atoms with Crippen LogP contribution in [0.2, 0.25) is 0 Å². The Morgan fingerprint density at radius 1 is 1.25 bits per heavy atom. The molecule has 1 atom stereocenters. The number of piperidine rings is 1. The summed E-state index contributed by atoms with van der Waals surface area (Å²) in [7, 11) is 1.43. The van der Waals surface area contributed by atoms with E-state index in [2.05, 4.69) is 39.1 Å². The molecule has 0 saturated carbocycles. The van der Waals surface area contributed by atoms with E-state index in [9.17, 15) is 4.79 Å².